The highest BCUT2D eigenvalue weighted by atomic mass is 19.3. The minimum Gasteiger partial charge on any atom is -0.366 e. The number of carbonyl (C=O) groups is 1. The van der Waals surface area contributed by atoms with E-state index in [1.807, 2.05) is 12.1 Å². The maximum absolute atomic E-state index is 12.3. The summed E-state index contributed by atoms with van der Waals surface area (Å²) >= 11 is 0. The van der Waals surface area contributed by atoms with Crippen molar-refractivity contribution in [2.45, 2.75) is 6.43 Å². The molecule has 1 amide bonds. The molecule has 132 valence electrons. The molecule has 0 unspecified atom stereocenters. The van der Waals surface area contributed by atoms with Crippen LogP contribution < -0.4 is 10.6 Å². The fraction of sp³-hybridized carbons (Fsp3) is 0.176. The second kappa shape index (κ2) is 6.51. The number of pyridine rings is 1. The first-order valence-electron chi connectivity index (χ1n) is 7.91. The normalized spacial score (nSPS) is 13.3. The van der Waals surface area contributed by atoms with Crippen LogP contribution in [-0.2, 0) is 0 Å². The minimum absolute atomic E-state index is 0.196. The molecule has 0 saturated heterocycles. The van der Waals surface area contributed by atoms with Crippen LogP contribution in [0.1, 0.15) is 21.6 Å². The molecule has 9 heteroatoms. The first-order chi connectivity index (χ1) is 12.6. The lowest BCUT2D eigenvalue weighted by Crippen LogP contribution is -2.29. The number of anilines is 1. The molecule has 0 atom stereocenters. The van der Waals surface area contributed by atoms with Gasteiger partial charge in [-0.15, -0.1) is 0 Å². The molecule has 26 heavy (non-hydrogen) atoms. The van der Waals surface area contributed by atoms with Crippen molar-refractivity contribution < 1.29 is 13.6 Å². The number of nitrogens with one attached hydrogen (secondary N) is 2. The van der Waals surface area contributed by atoms with Crippen molar-refractivity contribution in [1.29, 1.82) is 0 Å². The molecule has 4 rings (SSSR count). The van der Waals surface area contributed by atoms with Gasteiger partial charge < -0.3 is 10.6 Å². The fourth-order valence-corrected chi connectivity index (χ4v) is 2.87. The summed E-state index contributed by atoms with van der Waals surface area (Å²) in [6.07, 6.45) is 5.71. The number of nitrogens with zero attached hydrogens (tertiary/aromatic N) is 4. The van der Waals surface area contributed by atoms with E-state index in [2.05, 4.69) is 25.6 Å². The van der Waals surface area contributed by atoms with Gasteiger partial charge in [0.05, 0.1) is 12.7 Å². The predicted molar refractivity (Wildman–Crippen MR) is 91.1 cm³/mol. The van der Waals surface area contributed by atoms with Gasteiger partial charge in [-0.05, 0) is 23.3 Å². The maximum Gasteiger partial charge on any atom is 0.270 e. The minimum atomic E-state index is -2.61. The van der Waals surface area contributed by atoms with Gasteiger partial charge in [0, 0.05) is 24.5 Å². The van der Waals surface area contributed by atoms with Crippen molar-refractivity contribution in [2.75, 3.05) is 18.4 Å². The third-order valence-electron chi connectivity index (χ3n) is 4.04. The van der Waals surface area contributed by atoms with Crippen molar-refractivity contribution >= 4 is 22.9 Å². The second-order valence-electron chi connectivity index (χ2n) is 5.67. The van der Waals surface area contributed by atoms with Gasteiger partial charge in [0.25, 0.3) is 12.3 Å². The average molecular weight is 356 g/mol. The van der Waals surface area contributed by atoms with Crippen molar-refractivity contribution in [3.05, 3.63) is 59.9 Å². The van der Waals surface area contributed by atoms with Crippen molar-refractivity contribution in [2.24, 2.45) is 0 Å². The number of imidazole rings is 1. The largest absolute Gasteiger partial charge is 0.366 e. The summed E-state index contributed by atoms with van der Waals surface area (Å²) in [6, 6.07) is 3.66. The van der Waals surface area contributed by atoms with Crippen LogP contribution in [0.4, 0.5) is 14.6 Å². The van der Waals surface area contributed by atoms with E-state index >= 15 is 0 Å². The van der Waals surface area contributed by atoms with Crippen LogP contribution in [0.2, 0.25) is 0 Å². The van der Waals surface area contributed by atoms with E-state index in [1.165, 1.54) is 12.5 Å². The van der Waals surface area contributed by atoms with E-state index in [9.17, 15) is 13.6 Å². The van der Waals surface area contributed by atoms with Crippen LogP contribution in [0.15, 0.2) is 43.1 Å². The predicted octanol–water partition coefficient (Wildman–Crippen LogP) is 1.98. The van der Waals surface area contributed by atoms with E-state index in [1.54, 1.807) is 22.9 Å². The van der Waals surface area contributed by atoms with Crippen molar-refractivity contribution in [3.8, 4) is 0 Å². The van der Waals surface area contributed by atoms with E-state index in [4.69, 9.17) is 0 Å². The highest BCUT2D eigenvalue weighted by Gasteiger charge is 2.18. The Morgan fingerprint density at radius 2 is 2.19 bits per heavy atom. The third kappa shape index (κ3) is 2.87. The van der Waals surface area contributed by atoms with Crippen molar-refractivity contribution in [3.63, 3.8) is 0 Å². The van der Waals surface area contributed by atoms with E-state index < -0.39 is 18.9 Å². The van der Waals surface area contributed by atoms with E-state index in [0.29, 0.717) is 12.2 Å². The molecule has 0 fully saturated rings. The van der Waals surface area contributed by atoms with Gasteiger partial charge in [-0.25, -0.2) is 23.7 Å². The maximum atomic E-state index is 12.3. The lowest BCUT2D eigenvalue weighted by atomic mass is 9.98. The Labute approximate surface area is 146 Å². The number of aromatic nitrogens is 4. The monoisotopic (exact) mass is 356 g/mol. The van der Waals surface area contributed by atoms with Gasteiger partial charge >= 0.3 is 0 Å². The Kier molecular flexibility index (Phi) is 4.04. The molecular formula is C17H14F2N6O. The standard InChI is InChI=1S/C17H14F2N6O/c18-14(19)7-23-17(26)13-6-22-15-2-1-10(8-25(13)15)11-3-4-21-16-12(11)5-20-9-24-16/h1-3,5-6,8-9,14H,4,7H2,(H,23,26)(H,20,21,24). The number of halogens is 2. The van der Waals surface area contributed by atoms with Gasteiger partial charge in [0.15, 0.2) is 0 Å². The summed E-state index contributed by atoms with van der Waals surface area (Å²) in [5, 5.41) is 5.37. The first-order valence-corrected chi connectivity index (χ1v) is 7.91. The van der Waals surface area contributed by atoms with Crippen LogP contribution in [0.25, 0.3) is 11.2 Å². The first kappa shape index (κ1) is 16.1. The number of rotatable bonds is 4. The van der Waals surface area contributed by atoms with E-state index in [-0.39, 0.29) is 5.69 Å². The Hall–Kier alpha value is -3.36. The average Bonchev–Trinajstić information content (AvgIpc) is 3.09. The van der Waals surface area contributed by atoms with Crippen LogP contribution in [-0.4, -0.2) is 44.8 Å². The van der Waals surface area contributed by atoms with Crippen LogP contribution in [0.3, 0.4) is 0 Å². The highest BCUT2D eigenvalue weighted by molar-refractivity contribution is 5.93. The molecule has 3 aromatic heterocycles. The van der Waals surface area contributed by atoms with Gasteiger partial charge in [-0.2, -0.15) is 0 Å². The van der Waals surface area contributed by atoms with Crippen LogP contribution in [0.5, 0.6) is 0 Å². The van der Waals surface area contributed by atoms with Gasteiger partial charge in [0.1, 0.15) is 23.5 Å². The summed E-state index contributed by atoms with van der Waals surface area (Å²) in [7, 11) is 0. The lowest BCUT2D eigenvalue weighted by Gasteiger charge is -2.18. The summed E-state index contributed by atoms with van der Waals surface area (Å²) in [5.74, 6) is 0.135. The quantitative estimate of drug-likeness (QED) is 0.747. The molecule has 7 nitrogen and oxygen atoms in total. The summed E-state index contributed by atoms with van der Waals surface area (Å²) in [6.45, 7) is -0.0870. The number of hydrogen-bond donors (Lipinski definition) is 2. The zero-order valence-electron chi connectivity index (χ0n) is 13.5. The summed E-state index contributed by atoms with van der Waals surface area (Å²) in [5.41, 5.74) is 3.36. The molecule has 0 radical (unpaired) electrons. The molecule has 4 heterocycles. The molecule has 1 aliphatic rings. The number of alkyl halides is 2. The molecule has 1 aliphatic heterocycles. The molecule has 0 saturated carbocycles. The van der Waals surface area contributed by atoms with Crippen LogP contribution >= 0.6 is 0 Å². The Balaban J connectivity index is 1.73. The fourth-order valence-electron chi connectivity index (χ4n) is 2.87. The van der Waals surface area contributed by atoms with Crippen LogP contribution in [0, 0.1) is 0 Å². The second-order valence-corrected chi connectivity index (χ2v) is 5.67. The van der Waals surface area contributed by atoms with Gasteiger partial charge in [-0.3, -0.25) is 9.20 Å². The molecule has 0 aliphatic carbocycles. The molecule has 3 aromatic rings. The smallest absolute Gasteiger partial charge is 0.270 e. The number of hydrogen-bond acceptors (Lipinski definition) is 5. The molecule has 0 spiro atoms. The number of amides is 1. The van der Waals surface area contributed by atoms with Gasteiger partial charge in [-0.1, -0.05) is 6.08 Å². The number of fused-ring (bicyclic) bond motifs is 2. The van der Waals surface area contributed by atoms with Crippen molar-refractivity contribution in [1.82, 2.24) is 24.7 Å². The van der Waals surface area contributed by atoms with E-state index in [0.717, 1.165) is 22.5 Å². The Morgan fingerprint density at radius 3 is 3.04 bits per heavy atom. The van der Waals surface area contributed by atoms with Gasteiger partial charge in [0.2, 0.25) is 0 Å². The Morgan fingerprint density at radius 1 is 1.31 bits per heavy atom. The Bertz CT molecular complexity index is 1010. The molecule has 2 N–H and O–H groups in total. The molecule has 0 bridgehead atoms. The zero-order chi connectivity index (χ0) is 18.1. The topological polar surface area (TPSA) is 84.2 Å². The molecular weight excluding hydrogens is 342 g/mol. The number of carbonyl (C=O) groups excluding carboxylic acids is 1. The summed E-state index contributed by atoms with van der Waals surface area (Å²) < 4.78 is 26.3. The lowest BCUT2D eigenvalue weighted by molar-refractivity contribution is 0.0886. The zero-order valence-corrected chi connectivity index (χ0v) is 13.5. The SMILES string of the molecule is O=C(NCC(F)F)c1cnc2ccc(C3=CCNc4ncncc43)cn12. The summed E-state index contributed by atoms with van der Waals surface area (Å²) in [4.78, 5) is 24.6. The third-order valence-corrected chi connectivity index (χ3v) is 4.04. The molecule has 0 aromatic carbocycles. The highest BCUT2D eigenvalue weighted by Crippen LogP contribution is 2.30.